The van der Waals surface area contributed by atoms with Gasteiger partial charge in [0.2, 0.25) is 26.0 Å². The molecule has 0 saturated carbocycles. The van der Waals surface area contributed by atoms with Gasteiger partial charge in [0.15, 0.2) is 0 Å². The maximum absolute atomic E-state index is 13.2. The van der Waals surface area contributed by atoms with Gasteiger partial charge in [0, 0.05) is 32.7 Å². The maximum Gasteiger partial charge on any atom is 0.243 e. The second-order valence-corrected chi connectivity index (χ2v) is 13.4. The number of sulfonamides is 2. The molecule has 2 saturated heterocycles. The van der Waals surface area contributed by atoms with Crippen LogP contribution < -0.4 is 10.1 Å². The van der Waals surface area contributed by atoms with Crippen molar-refractivity contribution in [1.82, 2.24) is 13.9 Å². The second kappa shape index (κ2) is 12.3. The van der Waals surface area contributed by atoms with Gasteiger partial charge < -0.3 is 14.8 Å². The molecule has 1 unspecified atom stereocenters. The Balaban J connectivity index is 1.35. The minimum atomic E-state index is -3.83. The van der Waals surface area contributed by atoms with E-state index in [1.54, 1.807) is 12.1 Å². The summed E-state index contributed by atoms with van der Waals surface area (Å²) in [4.78, 5) is 13.1. The van der Waals surface area contributed by atoms with Gasteiger partial charge >= 0.3 is 0 Å². The van der Waals surface area contributed by atoms with Crippen LogP contribution in [0.25, 0.3) is 0 Å². The van der Waals surface area contributed by atoms with Crippen LogP contribution >= 0.6 is 11.6 Å². The summed E-state index contributed by atoms with van der Waals surface area (Å²) in [6.07, 6.45) is 1.12. The predicted octanol–water partition coefficient (Wildman–Crippen LogP) is 2.48. The molecular formula is C25H32ClN3O7S2. The number of halogens is 1. The van der Waals surface area contributed by atoms with Gasteiger partial charge in [-0.2, -0.15) is 8.61 Å². The van der Waals surface area contributed by atoms with Gasteiger partial charge in [-0.15, -0.1) is 0 Å². The van der Waals surface area contributed by atoms with E-state index < -0.39 is 26.0 Å². The monoisotopic (exact) mass is 585 g/mol. The van der Waals surface area contributed by atoms with Gasteiger partial charge in [0.1, 0.15) is 5.75 Å². The zero-order valence-electron chi connectivity index (χ0n) is 21.1. The SMILES string of the molecule is CCOc1ccc(S(=O)(=O)N2CCCC(C(=O)NCc3ccc(S(=O)(=O)N4CCOCC4)cc3)C2)cc1Cl. The van der Waals surface area contributed by atoms with Crippen molar-refractivity contribution in [3.63, 3.8) is 0 Å². The highest BCUT2D eigenvalue weighted by molar-refractivity contribution is 7.89. The number of carbonyl (C=O) groups excluding carboxylic acids is 1. The minimum absolute atomic E-state index is 0.0548. The van der Waals surface area contributed by atoms with Crippen molar-refractivity contribution in [3.8, 4) is 5.75 Å². The van der Waals surface area contributed by atoms with Crippen LogP contribution in [-0.4, -0.2) is 77.4 Å². The maximum atomic E-state index is 13.2. The Morgan fingerprint density at radius 1 is 1.00 bits per heavy atom. The van der Waals surface area contributed by atoms with Gasteiger partial charge in [-0.25, -0.2) is 16.8 Å². The van der Waals surface area contributed by atoms with Gasteiger partial charge in [-0.05, 0) is 55.7 Å². The van der Waals surface area contributed by atoms with Crippen LogP contribution in [0.1, 0.15) is 25.3 Å². The Morgan fingerprint density at radius 3 is 2.32 bits per heavy atom. The molecule has 2 aliphatic heterocycles. The first-order valence-corrected chi connectivity index (χ1v) is 15.8. The fraction of sp³-hybridized carbons (Fsp3) is 0.480. The molecule has 2 aliphatic rings. The Hall–Kier alpha value is -2.22. The summed E-state index contributed by atoms with van der Waals surface area (Å²) < 4.78 is 65.3. The summed E-state index contributed by atoms with van der Waals surface area (Å²) in [5.74, 6) is -0.340. The molecule has 1 amide bonds. The number of piperidine rings is 1. The van der Waals surface area contributed by atoms with Crippen molar-refractivity contribution < 1.29 is 31.1 Å². The van der Waals surface area contributed by atoms with Crippen LogP contribution in [0.15, 0.2) is 52.3 Å². The summed E-state index contributed by atoms with van der Waals surface area (Å²) in [5, 5.41) is 3.07. The van der Waals surface area contributed by atoms with Crippen LogP contribution in [0, 0.1) is 5.92 Å². The lowest BCUT2D eigenvalue weighted by Crippen LogP contribution is -2.45. The number of carbonyl (C=O) groups is 1. The Kier molecular flexibility index (Phi) is 9.32. The van der Waals surface area contributed by atoms with Crippen molar-refractivity contribution >= 4 is 37.6 Å². The van der Waals surface area contributed by atoms with Crippen LogP contribution in [0.5, 0.6) is 5.75 Å². The highest BCUT2D eigenvalue weighted by Crippen LogP contribution is 2.30. The minimum Gasteiger partial charge on any atom is -0.492 e. The smallest absolute Gasteiger partial charge is 0.243 e. The average molecular weight is 586 g/mol. The number of amides is 1. The number of hydrogen-bond donors (Lipinski definition) is 1. The zero-order chi connectivity index (χ0) is 27.3. The Bertz CT molecular complexity index is 1350. The molecule has 208 valence electrons. The molecule has 10 nitrogen and oxygen atoms in total. The summed E-state index contributed by atoms with van der Waals surface area (Å²) >= 11 is 6.19. The molecule has 0 radical (unpaired) electrons. The Labute approximate surface area is 229 Å². The molecule has 0 spiro atoms. The number of benzene rings is 2. The molecular weight excluding hydrogens is 554 g/mol. The van der Waals surface area contributed by atoms with E-state index in [1.807, 2.05) is 6.92 Å². The summed E-state index contributed by atoms with van der Waals surface area (Å²) in [5.41, 5.74) is 0.739. The number of ether oxygens (including phenoxy) is 2. The van der Waals surface area contributed by atoms with E-state index in [9.17, 15) is 21.6 Å². The van der Waals surface area contributed by atoms with Crippen molar-refractivity contribution in [2.45, 2.75) is 36.1 Å². The summed E-state index contributed by atoms with van der Waals surface area (Å²) in [6, 6.07) is 10.8. The fourth-order valence-electron chi connectivity index (χ4n) is 4.49. The van der Waals surface area contributed by atoms with E-state index in [-0.39, 0.29) is 33.8 Å². The fourth-order valence-corrected chi connectivity index (χ4v) is 7.75. The molecule has 0 aliphatic carbocycles. The van der Waals surface area contributed by atoms with Crippen LogP contribution in [-0.2, 0) is 36.1 Å². The van der Waals surface area contributed by atoms with E-state index >= 15 is 0 Å². The highest BCUT2D eigenvalue weighted by Gasteiger charge is 2.33. The number of morpholine rings is 1. The van der Waals surface area contributed by atoms with E-state index in [1.165, 1.54) is 38.9 Å². The van der Waals surface area contributed by atoms with Gasteiger partial charge in [0.25, 0.3) is 0 Å². The zero-order valence-corrected chi connectivity index (χ0v) is 23.5. The molecule has 0 aromatic heterocycles. The van der Waals surface area contributed by atoms with Crippen molar-refractivity contribution in [2.24, 2.45) is 5.92 Å². The third-order valence-electron chi connectivity index (χ3n) is 6.59. The standard InChI is InChI=1S/C25H32ClN3O7S2/c1-2-36-24-10-9-22(16-23(24)26)38(33,34)29-11-3-4-20(18-29)25(30)27-17-19-5-7-21(8-6-19)37(31,32)28-12-14-35-15-13-28/h5-10,16,20H,2-4,11-15,17-18H2,1H3,(H,27,30). The first kappa shape index (κ1) is 28.8. The normalized spacial score (nSPS) is 19.7. The number of nitrogens with zero attached hydrogens (tertiary/aromatic N) is 2. The molecule has 13 heteroatoms. The van der Waals surface area contributed by atoms with Crippen LogP contribution in [0.2, 0.25) is 5.02 Å². The van der Waals surface area contributed by atoms with Crippen molar-refractivity contribution in [3.05, 3.63) is 53.1 Å². The molecule has 2 fully saturated rings. The van der Waals surface area contributed by atoms with E-state index in [0.29, 0.717) is 58.0 Å². The quantitative estimate of drug-likeness (QED) is 0.480. The van der Waals surface area contributed by atoms with Gasteiger partial charge in [-0.3, -0.25) is 4.79 Å². The lowest BCUT2D eigenvalue weighted by Gasteiger charge is -2.31. The average Bonchev–Trinajstić information content (AvgIpc) is 2.93. The molecule has 2 heterocycles. The van der Waals surface area contributed by atoms with Gasteiger partial charge in [0.05, 0.1) is 40.6 Å². The molecule has 1 atom stereocenters. The molecule has 0 bridgehead atoms. The summed E-state index contributed by atoms with van der Waals surface area (Å²) in [7, 11) is -7.42. The van der Waals surface area contributed by atoms with Crippen molar-refractivity contribution in [2.75, 3.05) is 46.0 Å². The lowest BCUT2D eigenvalue weighted by molar-refractivity contribution is -0.126. The molecule has 4 rings (SSSR count). The first-order valence-electron chi connectivity index (χ1n) is 12.5. The lowest BCUT2D eigenvalue weighted by atomic mass is 9.99. The molecule has 2 aromatic rings. The predicted molar refractivity (Wildman–Crippen MR) is 142 cm³/mol. The molecule has 2 aromatic carbocycles. The topological polar surface area (TPSA) is 122 Å². The number of rotatable bonds is 9. The Morgan fingerprint density at radius 2 is 1.66 bits per heavy atom. The number of hydrogen-bond acceptors (Lipinski definition) is 7. The molecule has 1 N–H and O–H groups in total. The van der Waals surface area contributed by atoms with E-state index in [0.717, 1.165) is 5.56 Å². The third-order valence-corrected chi connectivity index (χ3v) is 10.7. The van der Waals surface area contributed by atoms with Crippen molar-refractivity contribution in [1.29, 1.82) is 0 Å². The second-order valence-electron chi connectivity index (χ2n) is 9.11. The van der Waals surface area contributed by atoms with E-state index in [2.05, 4.69) is 5.32 Å². The van der Waals surface area contributed by atoms with Crippen LogP contribution in [0.4, 0.5) is 0 Å². The number of nitrogens with one attached hydrogen (secondary N) is 1. The van der Waals surface area contributed by atoms with E-state index in [4.69, 9.17) is 21.1 Å². The summed E-state index contributed by atoms with van der Waals surface area (Å²) in [6.45, 7) is 4.19. The highest BCUT2D eigenvalue weighted by atomic mass is 35.5. The van der Waals surface area contributed by atoms with Gasteiger partial charge in [-0.1, -0.05) is 23.7 Å². The molecule has 38 heavy (non-hydrogen) atoms. The third kappa shape index (κ3) is 6.49. The van der Waals surface area contributed by atoms with Crippen LogP contribution in [0.3, 0.4) is 0 Å². The first-order chi connectivity index (χ1) is 18.1. The largest absolute Gasteiger partial charge is 0.492 e.